The van der Waals surface area contributed by atoms with Crippen molar-refractivity contribution in [2.45, 2.75) is 9.79 Å². The number of benzene rings is 2. The molecule has 0 unspecified atom stereocenters. The van der Waals surface area contributed by atoms with Gasteiger partial charge in [0, 0.05) is 32.2 Å². The molecule has 0 N–H and O–H groups in total. The van der Waals surface area contributed by atoms with Gasteiger partial charge in [0.15, 0.2) is 0 Å². The summed E-state index contributed by atoms with van der Waals surface area (Å²) in [7, 11) is 0. The largest absolute Gasteiger partial charge is 0.0901 e. The maximum absolute atomic E-state index is 2.12. The Morgan fingerprint density at radius 3 is 1.29 bits per heavy atom. The van der Waals surface area contributed by atoms with Crippen LogP contribution in [0, 0.1) is 0 Å². The number of hydrogen-bond donors (Lipinski definition) is 0. The summed E-state index contributed by atoms with van der Waals surface area (Å²) < 4.78 is 0. The van der Waals surface area contributed by atoms with Crippen LogP contribution in [0.15, 0.2) is 70.5 Å². The van der Waals surface area contributed by atoms with Gasteiger partial charge in [-0.15, -0.1) is 0 Å². The number of hydrogen-bond acceptors (Lipinski definition) is 1. The summed E-state index contributed by atoms with van der Waals surface area (Å²) in [5.41, 5.74) is 0. The molecule has 2 aromatic carbocycles. The van der Waals surface area contributed by atoms with E-state index in [9.17, 15) is 0 Å². The average molecular weight is 294 g/mol. The van der Waals surface area contributed by atoms with Crippen LogP contribution in [-0.4, -0.2) is 0 Å². The van der Waals surface area contributed by atoms with Crippen molar-refractivity contribution in [2.24, 2.45) is 0 Å². The van der Waals surface area contributed by atoms with Gasteiger partial charge in [-0.3, -0.25) is 0 Å². The van der Waals surface area contributed by atoms with Gasteiger partial charge in [-0.2, -0.15) is 0 Å². The molecule has 75 valence electrons. The average Bonchev–Trinajstić information content (AvgIpc) is 2.21. The minimum atomic E-state index is 0. The Kier molecular flexibility index (Phi) is 5.05. The van der Waals surface area contributed by atoms with E-state index in [-0.39, 0.29) is 22.4 Å². The molecule has 0 saturated carbocycles. The zero-order valence-electron chi connectivity index (χ0n) is 7.48. The SMILES string of the molecule is [Ag].c1ccc(Sc2ccccc2)cc1. The molecular weight excluding hydrogens is 284 g/mol. The van der Waals surface area contributed by atoms with Gasteiger partial charge in [-0.1, -0.05) is 48.2 Å². The van der Waals surface area contributed by atoms with Crippen molar-refractivity contribution < 1.29 is 22.4 Å². The Balaban J connectivity index is 0.000000980. The molecule has 0 aliphatic heterocycles. The molecule has 0 amide bonds. The van der Waals surface area contributed by atoms with Crippen LogP contribution in [0.5, 0.6) is 0 Å². The van der Waals surface area contributed by atoms with Crippen molar-refractivity contribution in [3.8, 4) is 0 Å². The summed E-state index contributed by atoms with van der Waals surface area (Å²) in [5.74, 6) is 0. The van der Waals surface area contributed by atoms with Crippen molar-refractivity contribution in [2.75, 3.05) is 0 Å². The second-order valence-corrected chi connectivity index (χ2v) is 3.88. The van der Waals surface area contributed by atoms with Crippen molar-refractivity contribution in [1.29, 1.82) is 0 Å². The Morgan fingerprint density at radius 1 is 0.571 bits per heavy atom. The molecular formula is C12H10AgS. The molecule has 0 atom stereocenters. The maximum atomic E-state index is 2.12. The fraction of sp³-hybridized carbons (Fsp3) is 0. The molecule has 2 rings (SSSR count). The first-order valence-electron chi connectivity index (χ1n) is 4.23. The van der Waals surface area contributed by atoms with E-state index < -0.39 is 0 Å². The summed E-state index contributed by atoms with van der Waals surface area (Å²) >= 11 is 1.79. The van der Waals surface area contributed by atoms with Gasteiger partial charge in [0.05, 0.1) is 0 Å². The van der Waals surface area contributed by atoms with Crippen molar-refractivity contribution in [3.63, 3.8) is 0 Å². The first-order chi connectivity index (χ1) is 6.45. The minimum Gasteiger partial charge on any atom is -0.0901 e. The van der Waals surface area contributed by atoms with Crippen LogP contribution < -0.4 is 0 Å². The van der Waals surface area contributed by atoms with Crippen LogP contribution in [0.2, 0.25) is 0 Å². The van der Waals surface area contributed by atoms with E-state index in [0.717, 1.165) is 0 Å². The normalized spacial score (nSPS) is 9.14. The molecule has 0 spiro atoms. The third kappa shape index (κ3) is 3.35. The van der Waals surface area contributed by atoms with Gasteiger partial charge >= 0.3 is 0 Å². The second-order valence-electron chi connectivity index (χ2n) is 2.73. The van der Waals surface area contributed by atoms with E-state index in [2.05, 4.69) is 48.5 Å². The van der Waals surface area contributed by atoms with Crippen LogP contribution in [0.25, 0.3) is 0 Å². The molecule has 0 aliphatic carbocycles. The molecule has 0 fully saturated rings. The minimum absolute atomic E-state index is 0. The van der Waals surface area contributed by atoms with Crippen LogP contribution in [0.4, 0.5) is 0 Å². The Hall–Kier alpha value is -0.470. The Labute approximate surface area is 104 Å². The molecule has 0 aliphatic rings. The predicted molar refractivity (Wildman–Crippen MR) is 57.0 cm³/mol. The second kappa shape index (κ2) is 6.10. The standard InChI is InChI=1S/C12H10S.Ag/c1-3-7-11(8-4-1)13-12-9-5-2-6-10-12;/h1-10H;. The summed E-state index contributed by atoms with van der Waals surface area (Å²) in [4.78, 5) is 2.57. The van der Waals surface area contributed by atoms with Crippen LogP contribution >= 0.6 is 11.8 Å². The Bertz CT molecular complexity index is 321. The Morgan fingerprint density at radius 2 is 0.929 bits per heavy atom. The molecule has 0 saturated heterocycles. The number of rotatable bonds is 2. The van der Waals surface area contributed by atoms with Crippen molar-refractivity contribution in [3.05, 3.63) is 60.7 Å². The quantitative estimate of drug-likeness (QED) is 0.758. The van der Waals surface area contributed by atoms with Gasteiger partial charge < -0.3 is 0 Å². The molecule has 2 aromatic rings. The summed E-state index contributed by atoms with van der Waals surface area (Å²) in [5, 5.41) is 0. The third-order valence-electron chi connectivity index (χ3n) is 1.72. The molecule has 0 heterocycles. The molecule has 0 aromatic heterocycles. The fourth-order valence-electron chi connectivity index (χ4n) is 1.11. The predicted octanol–water partition coefficient (Wildman–Crippen LogP) is 3.84. The van der Waals surface area contributed by atoms with E-state index in [1.165, 1.54) is 9.79 Å². The van der Waals surface area contributed by atoms with Crippen LogP contribution in [-0.2, 0) is 22.4 Å². The topological polar surface area (TPSA) is 0 Å². The van der Waals surface area contributed by atoms with E-state index in [1.54, 1.807) is 11.8 Å². The molecule has 1 radical (unpaired) electrons. The molecule has 2 heteroatoms. The van der Waals surface area contributed by atoms with E-state index in [0.29, 0.717) is 0 Å². The van der Waals surface area contributed by atoms with Crippen LogP contribution in [0.1, 0.15) is 0 Å². The zero-order valence-corrected chi connectivity index (χ0v) is 9.78. The van der Waals surface area contributed by atoms with Crippen molar-refractivity contribution >= 4 is 11.8 Å². The smallest absolute Gasteiger partial charge is 0.0122 e. The van der Waals surface area contributed by atoms with E-state index in [1.807, 2.05) is 12.1 Å². The first-order valence-corrected chi connectivity index (χ1v) is 5.05. The van der Waals surface area contributed by atoms with Gasteiger partial charge in [0.25, 0.3) is 0 Å². The van der Waals surface area contributed by atoms with Crippen LogP contribution in [0.3, 0.4) is 0 Å². The monoisotopic (exact) mass is 293 g/mol. The summed E-state index contributed by atoms with van der Waals surface area (Å²) in [6.45, 7) is 0. The maximum Gasteiger partial charge on any atom is 0.0122 e. The summed E-state index contributed by atoms with van der Waals surface area (Å²) in [6, 6.07) is 20.8. The first kappa shape index (κ1) is 11.6. The van der Waals surface area contributed by atoms with E-state index in [4.69, 9.17) is 0 Å². The van der Waals surface area contributed by atoms with Gasteiger partial charge in [0.2, 0.25) is 0 Å². The zero-order chi connectivity index (χ0) is 8.93. The van der Waals surface area contributed by atoms with Gasteiger partial charge in [-0.05, 0) is 24.3 Å². The molecule has 0 bridgehead atoms. The molecule has 14 heavy (non-hydrogen) atoms. The van der Waals surface area contributed by atoms with E-state index >= 15 is 0 Å². The van der Waals surface area contributed by atoms with Gasteiger partial charge in [-0.25, -0.2) is 0 Å². The molecule has 0 nitrogen and oxygen atoms in total. The summed E-state index contributed by atoms with van der Waals surface area (Å²) in [6.07, 6.45) is 0. The third-order valence-corrected chi connectivity index (χ3v) is 2.74. The fourth-order valence-corrected chi connectivity index (χ4v) is 1.97. The van der Waals surface area contributed by atoms with Gasteiger partial charge in [0.1, 0.15) is 0 Å². The van der Waals surface area contributed by atoms with Crippen molar-refractivity contribution in [1.82, 2.24) is 0 Å².